The van der Waals surface area contributed by atoms with Gasteiger partial charge in [-0.1, -0.05) is 41.9 Å². The number of fused-ring (bicyclic) bond motifs is 1. The van der Waals surface area contributed by atoms with E-state index in [2.05, 4.69) is 0 Å². The number of ether oxygens (including phenoxy) is 1. The number of hydrogen-bond acceptors (Lipinski definition) is 4. The van der Waals surface area contributed by atoms with Crippen LogP contribution in [0.2, 0.25) is 5.02 Å². The highest BCUT2D eigenvalue weighted by molar-refractivity contribution is 6.30. The van der Waals surface area contributed by atoms with Crippen molar-refractivity contribution in [1.82, 2.24) is 5.06 Å². The highest BCUT2D eigenvalue weighted by Crippen LogP contribution is 2.42. The average Bonchev–Trinajstić information content (AvgIpc) is 2.57. The van der Waals surface area contributed by atoms with Gasteiger partial charge in [0.25, 0.3) is 0 Å². The maximum atomic E-state index is 12.3. The second-order valence-corrected chi connectivity index (χ2v) is 7.37. The molecular formula is C20H22ClNO4. The fraction of sp³-hybridized carbons (Fsp3) is 0.350. The third-order valence-electron chi connectivity index (χ3n) is 4.61. The smallest absolute Gasteiger partial charge is 0.245 e. The Morgan fingerprint density at radius 2 is 1.96 bits per heavy atom. The lowest BCUT2D eigenvalue weighted by Crippen LogP contribution is -2.68. The molecular weight excluding hydrogens is 354 g/mol. The van der Waals surface area contributed by atoms with Crippen molar-refractivity contribution in [1.29, 1.82) is 0 Å². The molecule has 2 aromatic carbocycles. The van der Waals surface area contributed by atoms with E-state index in [1.54, 1.807) is 32.0 Å². The first-order valence-corrected chi connectivity index (χ1v) is 8.78. The van der Waals surface area contributed by atoms with E-state index in [-0.39, 0.29) is 13.0 Å². The molecule has 1 heterocycles. The molecule has 1 unspecified atom stereocenters. The minimum absolute atomic E-state index is 0.143. The molecule has 0 bridgehead atoms. The number of aliphatic hydroxyl groups is 1. The van der Waals surface area contributed by atoms with Gasteiger partial charge in [-0.2, -0.15) is 5.06 Å². The highest BCUT2D eigenvalue weighted by Gasteiger charge is 2.55. The number of hydroxylamine groups is 2. The number of nitrogens with zero attached hydrogens (tertiary/aromatic N) is 1. The minimum atomic E-state index is -1.69. The van der Waals surface area contributed by atoms with Gasteiger partial charge in [-0.3, -0.25) is 9.63 Å². The molecule has 0 saturated heterocycles. The molecule has 26 heavy (non-hydrogen) atoms. The summed E-state index contributed by atoms with van der Waals surface area (Å²) in [5.41, 5.74) is -1.17. The monoisotopic (exact) mass is 375 g/mol. The van der Waals surface area contributed by atoms with Gasteiger partial charge < -0.3 is 9.84 Å². The third kappa shape index (κ3) is 3.43. The summed E-state index contributed by atoms with van der Waals surface area (Å²) in [5.74, 6) is 0.223. The van der Waals surface area contributed by atoms with Crippen molar-refractivity contribution in [3.05, 3.63) is 64.7 Å². The van der Waals surface area contributed by atoms with Crippen LogP contribution in [-0.4, -0.2) is 27.4 Å². The van der Waals surface area contributed by atoms with Gasteiger partial charge in [-0.25, -0.2) is 0 Å². The molecule has 138 valence electrons. The van der Waals surface area contributed by atoms with Crippen LogP contribution in [0.3, 0.4) is 0 Å². The van der Waals surface area contributed by atoms with Crippen LogP contribution in [0.25, 0.3) is 0 Å². The van der Waals surface area contributed by atoms with E-state index in [4.69, 9.17) is 21.2 Å². The van der Waals surface area contributed by atoms with E-state index < -0.39 is 17.2 Å². The predicted octanol–water partition coefficient (Wildman–Crippen LogP) is 3.72. The Morgan fingerprint density at radius 1 is 1.27 bits per heavy atom. The van der Waals surface area contributed by atoms with E-state index >= 15 is 0 Å². The van der Waals surface area contributed by atoms with Crippen LogP contribution in [0, 0.1) is 0 Å². The molecule has 5 nitrogen and oxygen atoms in total. The van der Waals surface area contributed by atoms with Gasteiger partial charge in [0.2, 0.25) is 11.6 Å². The predicted molar refractivity (Wildman–Crippen MR) is 98.6 cm³/mol. The van der Waals surface area contributed by atoms with Crippen LogP contribution in [0.5, 0.6) is 5.75 Å². The lowest BCUT2D eigenvalue weighted by molar-refractivity contribution is -0.326. The Labute approximate surface area is 158 Å². The van der Waals surface area contributed by atoms with E-state index in [1.807, 2.05) is 30.3 Å². The van der Waals surface area contributed by atoms with Crippen LogP contribution in [0.1, 0.15) is 31.9 Å². The van der Waals surface area contributed by atoms with Gasteiger partial charge in [0.15, 0.2) is 5.60 Å². The molecule has 0 radical (unpaired) electrons. The lowest BCUT2D eigenvalue weighted by Gasteiger charge is -2.50. The molecule has 0 aromatic heterocycles. The number of amides is 1. The number of hydrogen-bond donors (Lipinski definition) is 1. The Balaban J connectivity index is 1.92. The summed E-state index contributed by atoms with van der Waals surface area (Å²) in [5, 5.41) is 13.0. The number of benzene rings is 2. The van der Waals surface area contributed by atoms with Gasteiger partial charge in [0.1, 0.15) is 12.4 Å². The molecule has 0 saturated carbocycles. The SMILES string of the molecule is CC(=O)N(OCc1ccccc1)C1(O)Cc2cc(Cl)ccc2OC1(C)C. The van der Waals surface area contributed by atoms with Crippen molar-refractivity contribution in [2.45, 2.75) is 45.1 Å². The van der Waals surface area contributed by atoms with Crippen LogP contribution in [0.15, 0.2) is 48.5 Å². The molecule has 6 heteroatoms. The normalized spacial score (nSPS) is 20.8. The number of halogens is 1. The molecule has 3 rings (SSSR count). The lowest BCUT2D eigenvalue weighted by atomic mass is 9.84. The summed E-state index contributed by atoms with van der Waals surface area (Å²) in [7, 11) is 0. The van der Waals surface area contributed by atoms with E-state index in [0.29, 0.717) is 16.3 Å². The Bertz CT molecular complexity index is 809. The second-order valence-electron chi connectivity index (χ2n) is 6.93. The van der Waals surface area contributed by atoms with Crippen molar-refractivity contribution in [3.63, 3.8) is 0 Å². The second kappa shape index (κ2) is 6.91. The van der Waals surface area contributed by atoms with E-state index in [9.17, 15) is 9.90 Å². The van der Waals surface area contributed by atoms with Crippen LogP contribution < -0.4 is 4.74 Å². The maximum Gasteiger partial charge on any atom is 0.245 e. The number of carbonyl (C=O) groups is 1. The topological polar surface area (TPSA) is 59.0 Å². The van der Waals surface area contributed by atoms with Gasteiger partial charge >= 0.3 is 0 Å². The van der Waals surface area contributed by atoms with Gasteiger partial charge in [0, 0.05) is 23.9 Å². The molecule has 1 atom stereocenters. The zero-order valence-electron chi connectivity index (χ0n) is 15.0. The van der Waals surface area contributed by atoms with Gasteiger partial charge in [-0.05, 0) is 37.6 Å². The number of carbonyl (C=O) groups excluding carboxylic acids is 1. The minimum Gasteiger partial charge on any atom is -0.482 e. The number of rotatable bonds is 4. The largest absolute Gasteiger partial charge is 0.482 e. The van der Waals surface area contributed by atoms with Crippen molar-refractivity contribution in [3.8, 4) is 5.75 Å². The Morgan fingerprint density at radius 3 is 2.62 bits per heavy atom. The molecule has 0 spiro atoms. The Hall–Kier alpha value is -2.08. The third-order valence-corrected chi connectivity index (χ3v) is 4.85. The van der Waals surface area contributed by atoms with Crippen molar-refractivity contribution in [2.24, 2.45) is 0 Å². The van der Waals surface area contributed by atoms with Crippen LogP contribution in [0.4, 0.5) is 0 Å². The van der Waals surface area contributed by atoms with Crippen molar-refractivity contribution < 1.29 is 19.5 Å². The summed E-state index contributed by atoms with van der Waals surface area (Å²) in [4.78, 5) is 18.0. The first kappa shape index (κ1) is 18.7. The van der Waals surface area contributed by atoms with Crippen LogP contribution in [-0.2, 0) is 22.7 Å². The molecule has 2 aromatic rings. The summed E-state index contributed by atoms with van der Waals surface area (Å²) in [6.45, 7) is 4.96. The van der Waals surface area contributed by atoms with E-state index in [1.165, 1.54) is 6.92 Å². The van der Waals surface area contributed by atoms with E-state index in [0.717, 1.165) is 10.6 Å². The van der Waals surface area contributed by atoms with Crippen LogP contribution >= 0.6 is 11.6 Å². The fourth-order valence-corrected chi connectivity index (χ4v) is 3.30. The zero-order valence-corrected chi connectivity index (χ0v) is 15.8. The molecule has 0 fully saturated rings. The zero-order chi connectivity index (χ0) is 18.9. The first-order chi connectivity index (χ1) is 12.2. The summed E-state index contributed by atoms with van der Waals surface area (Å²) in [6, 6.07) is 14.7. The van der Waals surface area contributed by atoms with Crippen molar-refractivity contribution in [2.75, 3.05) is 0 Å². The van der Waals surface area contributed by atoms with Gasteiger partial charge in [-0.15, -0.1) is 0 Å². The summed E-state index contributed by atoms with van der Waals surface area (Å²) >= 11 is 6.08. The standard InChI is InChI=1S/C20H22ClNO4/c1-14(23)22(25-13-15-7-5-4-6-8-15)20(24)12-16-11-17(21)9-10-18(16)26-19(20,2)3/h4-11,24H,12-13H2,1-3H3. The quantitative estimate of drug-likeness (QED) is 0.653. The molecule has 1 aliphatic rings. The average molecular weight is 376 g/mol. The fourth-order valence-electron chi connectivity index (χ4n) is 3.11. The van der Waals surface area contributed by atoms with Gasteiger partial charge in [0.05, 0.1) is 0 Å². The summed E-state index contributed by atoms with van der Waals surface area (Å²) < 4.78 is 5.99. The molecule has 1 N–H and O–H groups in total. The molecule has 0 aliphatic carbocycles. The highest BCUT2D eigenvalue weighted by atomic mass is 35.5. The Kier molecular flexibility index (Phi) is 4.97. The molecule has 1 aliphatic heterocycles. The molecule has 1 amide bonds. The first-order valence-electron chi connectivity index (χ1n) is 8.40. The summed E-state index contributed by atoms with van der Waals surface area (Å²) in [6.07, 6.45) is 0.143. The maximum absolute atomic E-state index is 12.3. The van der Waals surface area contributed by atoms with Crippen molar-refractivity contribution >= 4 is 17.5 Å².